The molecule has 6 nitrogen and oxygen atoms in total. The Bertz CT molecular complexity index is 757. The predicted molar refractivity (Wildman–Crippen MR) is 68.8 cm³/mol. The molecule has 3 rings (SSSR count). The summed E-state index contributed by atoms with van der Waals surface area (Å²) in [6, 6.07) is 4.07. The first kappa shape index (κ1) is 13.2. The Kier molecular flexibility index (Phi) is 3.06. The molecule has 1 aliphatic rings. The minimum Gasteiger partial charge on any atom is -0.207 e. The number of aryl methyl sites for hydroxylation is 2. The van der Waals surface area contributed by atoms with E-state index in [1.54, 1.807) is 13.1 Å². The van der Waals surface area contributed by atoms with Crippen molar-refractivity contribution in [3.05, 3.63) is 41.3 Å². The summed E-state index contributed by atoms with van der Waals surface area (Å²) >= 11 is 0. The molecule has 1 N–H and O–H groups in total. The highest BCUT2D eigenvalue weighted by molar-refractivity contribution is 7.89. The first-order valence-electron chi connectivity index (χ1n) is 6.13. The zero-order valence-corrected chi connectivity index (χ0v) is 11.6. The van der Waals surface area contributed by atoms with Gasteiger partial charge in [-0.15, -0.1) is 5.10 Å². The van der Waals surface area contributed by atoms with E-state index in [9.17, 15) is 12.8 Å². The van der Waals surface area contributed by atoms with Crippen LogP contribution in [0.3, 0.4) is 0 Å². The minimum atomic E-state index is -3.71. The molecule has 8 heteroatoms. The second-order valence-electron chi connectivity index (χ2n) is 4.73. The van der Waals surface area contributed by atoms with Crippen molar-refractivity contribution in [1.29, 1.82) is 0 Å². The van der Waals surface area contributed by atoms with E-state index in [4.69, 9.17) is 0 Å². The van der Waals surface area contributed by atoms with Crippen LogP contribution in [0.4, 0.5) is 4.39 Å². The summed E-state index contributed by atoms with van der Waals surface area (Å²) < 4.78 is 40.1. The van der Waals surface area contributed by atoms with Gasteiger partial charge in [-0.1, -0.05) is 6.07 Å². The lowest BCUT2D eigenvalue weighted by atomic mass is 10.1. The van der Waals surface area contributed by atoms with Gasteiger partial charge in [0.25, 0.3) is 10.0 Å². The summed E-state index contributed by atoms with van der Waals surface area (Å²) in [5.74, 6) is -0.304. The molecule has 1 unspecified atom stereocenters. The zero-order chi connectivity index (χ0) is 14.3. The van der Waals surface area contributed by atoms with Gasteiger partial charge < -0.3 is 0 Å². The van der Waals surface area contributed by atoms with Gasteiger partial charge in [0.05, 0.1) is 6.20 Å². The third kappa shape index (κ3) is 2.32. The third-order valence-corrected chi connectivity index (χ3v) is 4.67. The van der Waals surface area contributed by atoms with E-state index >= 15 is 0 Å². The van der Waals surface area contributed by atoms with Crippen molar-refractivity contribution in [2.45, 2.75) is 23.9 Å². The van der Waals surface area contributed by atoms with E-state index in [0.717, 1.165) is 11.1 Å². The van der Waals surface area contributed by atoms with Crippen LogP contribution < -0.4 is 4.72 Å². The molecule has 0 fully saturated rings. The topological polar surface area (TPSA) is 76.9 Å². The Hall–Kier alpha value is -1.80. The van der Waals surface area contributed by atoms with Crippen LogP contribution in [0.15, 0.2) is 29.4 Å². The second kappa shape index (κ2) is 4.64. The summed E-state index contributed by atoms with van der Waals surface area (Å²) in [5.41, 5.74) is 1.66. The van der Waals surface area contributed by atoms with Gasteiger partial charge in [0.15, 0.2) is 0 Å². The van der Waals surface area contributed by atoms with Crippen LogP contribution in [-0.4, -0.2) is 23.4 Å². The SMILES string of the molecule is Cn1ncc(S(=O)(=O)NC2CCc3cc(F)ccc32)n1. The lowest BCUT2D eigenvalue weighted by Gasteiger charge is -2.12. The second-order valence-corrected chi connectivity index (χ2v) is 6.39. The van der Waals surface area contributed by atoms with E-state index in [1.807, 2.05) is 0 Å². The van der Waals surface area contributed by atoms with Crippen molar-refractivity contribution in [2.24, 2.45) is 7.05 Å². The predicted octanol–water partition coefficient (Wildman–Crippen LogP) is 0.920. The summed E-state index contributed by atoms with van der Waals surface area (Å²) in [4.78, 5) is 1.19. The molecule has 0 amide bonds. The van der Waals surface area contributed by atoms with E-state index in [1.165, 1.54) is 23.1 Å². The number of fused-ring (bicyclic) bond motifs is 1. The normalized spacial score (nSPS) is 18.2. The van der Waals surface area contributed by atoms with Crippen molar-refractivity contribution in [3.8, 4) is 0 Å². The lowest BCUT2D eigenvalue weighted by Crippen LogP contribution is -2.27. The number of nitrogens with zero attached hydrogens (tertiary/aromatic N) is 3. The average Bonchev–Trinajstić information content (AvgIpc) is 2.96. The van der Waals surface area contributed by atoms with Gasteiger partial charge >= 0.3 is 0 Å². The van der Waals surface area contributed by atoms with Gasteiger partial charge in [-0.05, 0) is 36.1 Å². The van der Waals surface area contributed by atoms with Crippen molar-refractivity contribution in [3.63, 3.8) is 0 Å². The van der Waals surface area contributed by atoms with Crippen molar-refractivity contribution in [1.82, 2.24) is 19.7 Å². The summed E-state index contributed by atoms with van der Waals surface area (Å²) in [7, 11) is -2.17. The highest BCUT2D eigenvalue weighted by Crippen LogP contribution is 2.32. The van der Waals surface area contributed by atoms with Crippen molar-refractivity contribution < 1.29 is 12.8 Å². The monoisotopic (exact) mass is 296 g/mol. The molecule has 1 atom stereocenters. The molecule has 0 saturated carbocycles. The standard InChI is InChI=1S/C12H13FN4O2S/c1-17-14-7-12(15-17)20(18,19)16-11-5-2-8-6-9(13)3-4-10(8)11/h3-4,6-7,11,16H,2,5H2,1H3. The largest absolute Gasteiger partial charge is 0.262 e. The number of halogens is 1. The molecule has 1 aromatic carbocycles. The Morgan fingerprint density at radius 1 is 1.45 bits per heavy atom. The van der Waals surface area contributed by atoms with E-state index in [0.29, 0.717) is 12.8 Å². The maximum atomic E-state index is 13.1. The summed E-state index contributed by atoms with van der Waals surface area (Å²) in [6.07, 6.45) is 2.46. The number of benzene rings is 1. The highest BCUT2D eigenvalue weighted by Gasteiger charge is 2.29. The van der Waals surface area contributed by atoms with Gasteiger partial charge in [-0.25, -0.2) is 17.5 Å². The molecule has 0 bridgehead atoms. The minimum absolute atomic E-state index is 0.115. The van der Waals surface area contributed by atoms with Crippen LogP contribution in [0, 0.1) is 5.82 Å². The van der Waals surface area contributed by atoms with E-state index in [-0.39, 0.29) is 16.9 Å². The molecule has 1 aliphatic carbocycles. The number of nitrogens with one attached hydrogen (secondary N) is 1. The fourth-order valence-corrected chi connectivity index (χ4v) is 3.56. The van der Waals surface area contributed by atoms with Gasteiger partial charge in [0, 0.05) is 13.1 Å². The molecule has 0 spiro atoms. The number of sulfonamides is 1. The van der Waals surface area contributed by atoms with E-state index in [2.05, 4.69) is 14.9 Å². The van der Waals surface area contributed by atoms with E-state index < -0.39 is 10.0 Å². The smallest absolute Gasteiger partial charge is 0.207 e. The maximum Gasteiger partial charge on any atom is 0.262 e. The van der Waals surface area contributed by atoms with Gasteiger partial charge in [-0.3, -0.25) is 0 Å². The fraction of sp³-hybridized carbons (Fsp3) is 0.333. The summed E-state index contributed by atoms with van der Waals surface area (Å²) in [5, 5.41) is 7.42. The average molecular weight is 296 g/mol. The Morgan fingerprint density at radius 2 is 2.25 bits per heavy atom. The molecular formula is C12H13FN4O2S. The van der Waals surface area contributed by atoms with Crippen LogP contribution in [0.5, 0.6) is 0 Å². The number of hydrogen-bond acceptors (Lipinski definition) is 4. The Morgan fingerprint density at radius 3 is 2.95 bits per heavy atom. The van der Waals surface area contributed by atoms with Crippen LogP contribution in [0.25, 0.3) is 0 Å². The molecule has 1 heterocycles. The molecule has 0 saturated heterocycles. The molecule has 106 valence electrons. The fourth-order valence-electron chi connectivity index (χ4n) is 2.41. The van der Waals surface area contributed by atoms with Crippen molar-refractivity contribution in [2.75, 3.05) is 0 Å². The molecule has 1 aromatic heterocycles. The van der Waals surface area contributed by atoms with Gasteiger partial charge in [0.1, 0.15) is 5.82 Å². The third-order valence-electron chi connectivity index (χ3n) is 3.33. The summed E-state index contributed by atoms with van der Waals surface area (Å²) in [6.45, 7) is 0. The Labute approximate surface area is 115 Å². The lowest BCUT2D eigenvalue weighted by molar-refractivity contribution is 0.546. The number of aromatic nitrogens is 3. The Balaban J connectivity index is 1.87. The molecule has 0 radical (unpaired) electrons. The number of rotatable bonds is 3. The quantitative estimate of drug-likeness (QED) is 0.913. The maximum absolute atomic E-state index is 13.1. The molecule has 0 aliphatic heterocycles. The van der Waals surface area contributed by atoms with Crippen LogP contribution >= 0.6 is 0 Å². The van der Waals surface area contributed by atoms with Gasteiger partial charge in [-0.2, -0.15) is 9.90 Å². The van der Waals surface area contributed by atoms with Crippen LogP contribution in [-0.2, 0) is 23.5 Å². The zero-order valence-electron chi connectivity index (χ0n) is 10.7. The first-order chi connectivity index (χ1) is 9.45. The number of hydrogen-bond donors (Lipinski definition) is 1. The molecule has 2 aromatic rings. The van der Waals surface area contributed by atoms with Crippen LogP contribution in [0.1, 0.15) is 23.6 Å². The first-order valence-corrected chi connectivity index (χ1v) is 7.61. The molecule has 20 heavy (non-hydrogen) atoms. The van der Waals surface area contributed by atoms with Gasteiger partial charge in [0.2, 0.25) is 5.03 Å². The van der Waals surface area contributed by atoms with Crippen LogP contribution in [0.2, 0.25) is 0 Å². The highest BCUT2D eigenvalue weighted by atomic mass is 32.2. The molecular weight excluding hydrogens is 283 g/mol. The van der Waals surface area contributed by atoms with Crippen molar-refractivity contribution >= 4 is 10.0 Å².